The van der Waals surface area contributed by atoms with Crippen LogP contribution in [0.25, 0.3) is 0 Å². The summed E-state index contributed by atoms with van der Waals surface area (Å²) >= 11 is 1.55. The molecule has 0 aliphatic heterocycles. The summed E-state index contributed by atoms with van der Waals surface area (Å²) in [6, 6.07) is 5.81. The molecule has 2 aromatic rings. The van der Waals surface area contributed by atoms with Gasteiger partial charge >= 0.3 is 0 Å². The van der Waals surface area contributed by atoms with Crippen LogP contribution < -0.4 is 5.73 Å². The number of imidazole rings is 1. The predicted molar refractivity (Wildman–Crippen MR) is 64.9 cm³/mol. The molecule has 0 radical (unpaired) electrons. The van der Waals surface area contributed by atoms with Crippen LogP contribution in [0.2, 0.25) is 0 Å². The minimum Gasteiger partial charge on any atom is -0.384 e. The number of rotatable bonds is 3. The highest BCUT2D eigenvalue weighted by atomic mass is 32.2. The SMILES string of the molecule is Cc1cc(Sc2ncc[nH]2)ccc1C(=N)N. The van der Waals surface area contributed by atoms with Crippen LogP contribution >= 0.6 is 11.8 Å². The van der Waals surface area contributed by atoms with E-state index in [4.69, 9.17) is 11.1 Å². The van der Waals surface area contributed by atoms with E-state index in [0.29, 0.717) is 0 Å². The number of nitrogen functional groups attached to an aromatic ring is 1. The molecule has 0 unspecified atom stereocenters. The fourth-order valence-electron chi connectivity index (χ4n) is 1.42. The molecular formula is C11H12N4S. The number of nitrogens with one attached hydrogen (secondary N) is 2. The molecule has 0 fully saturated rings. The first kappa shape index (κ1) is 10.8. The first-order chi connectivity index (χ1) is 7.66. The molecule has 4 nitrogen and oxygen atoms in total. The van der Waals surface area contributed by atoms with Crippen LogP contribution in [0, 0.1) is 12.3 Å². The predicted octanol–water partition coefficient (Wildman–Crippen LogP) is 2.15. The lowest BCUT2D eigenvalue weighted by Crippen LogP contribution is -2.12. The summed E-state index contributed by atoms with van der Waals surface area (Å²) in [5.74, 6) is 0.104. The molecule has 1 aromatic carbocycles. The third-order valence-electron chi connectivity index (χ3n) is 2.18. The molecule has 82 valence electrons. The topological polar surface area (TPSA) is 78.5 Å². The molecule has 0 atom stereocenters. The third kappa shape index (κ3) is 2.25. The van der Waals surface area contributed by atoms with Crippen molar-refractivity contribution < 1.29 is 0 Å². The Labute approximate surface area is 97.8 Å². The first-order valence-electron chi connectivity index (χ1n) is 4.79. The van der Waals surface area contributed by atoms with Crippen molar-refractivity contribution in [3.63, 3.8) is 0 Å². The zero-order valence-electron chi connectivity index (χ0n) is 8.82. The van der Waals surface area contributed by atoms with E-state index in [-0.39, 0.29) is 5.84 Å². The Kier molecular flexibility index (Phi) is 2.96. The van der Waals surface area contributed by atoms with Gasteiger partial charge in [-0.3, -0.25) is 5.41 Å². The van der Waals surface area contributed by atoms with E-state index in [9.17, 15) is 0 Å². The molecular weight excluding hydrogens is 220 g/mol. The van der Waals surface area contributed by atoms with Gasteiger partial charge in [0.15, 0.2) is 5.16 Å². The highest BCUT2D eigenvalue weighted by Gasteiger charge is 2.04. The van der Waals surface area contributed by atoms with Gasteiger partial charge in [0.2, 0.25) is 0 Å². The standard InChI is InChI=1S/C11H12N4S/c1-7-6-8(2-3-9(7)10(12)13)16-11-14-4-5-15-11/h2-6H,1H3,(H3,12,13)(H,14,15). The van der Waals surface area contributed by atoms with E-state index in [0.717, 1.165) is 21.2 Å². The highest BCUT2D eigenvalue weighted by Crippen LogP contribution is 2.26. The largest absolute Gasteiger partial charge is 0.384 e. The first-order valence-corrected chi connectivity index (χ1v) is 5.61. The molecule has 0 spiro atoms. The third-order valence-corrected chi connectivity index (χ3v) is 3.08. The Morgan fingerprint density at radius 1 is 1.50 bits per heavy atom. The van der Waals surface area contributed by atoms with Crippen LogP contribution in [0.4, 0.5) is 0 Å². The Bertz CT molecular complexity index is 505. The van der Waals surface area contributed by atoms with Crippen molar-refractivity contribution in [1.29, 1.82) is 5.41 Å². The molecule has 4 N–H and O–H groups in total. The quantitative estimate of drug-likeness (QED) is 0.560. The highest BCUT2D eigenvalue weighted by molar-refractivity contribution is 7.99. The average Bonchev–Trinajstić information content (AvgIpc) is 2.70. The molecule has 1 aromatic heterocycles. The fraction of sp³-hybridized carbons (Fsp3) is 0.0909. The number of hydrogen-bond acceptors (Lipinski definition) is 3. The zero-order valence-corrected chi connectivity index (χ0v) is 9.64. The average molecular weight is 232 g/mol. The second-order valence-electron chi connectivity index (χ2n) is 3.39. The summed E-state index contributed by atoms with van der Waals surface area (Å²) in [7, 11) is 0. The van der Waals surface area contributed by atoms with Gasteiger partial charge in [-0.15, -0.1) is 0 Å². The maximum absolute atomic E-state index is 7.40. The van der Waals surface area contributed by atoms with Crippen LogP contribution in [-0.2, 0) is 0 Å². The number of aryl methyl sites for hydroxylation is 1. The van der Waals surface area contributed by atoms with Crippen molar-refractivity contribution in [2.45, 2.75) is 17.0 Å². The van der Waals surface area contributed by atoms with Gasteiger partial charge in [0, 0.05) is 22.9 Å². The van der Waals surface area contributed by atoms with Gasteiger partial charge in [-0.05, 0) is 30.7 Å². The summed E-state index contributed by atoms with van der Waals surface area (Å²) in [4.78, 5) is 8.25. The Hall–Kier alpha value is -1.75. The van der Waals surface area contributed by atoms with Crippen molar-refractivity contribution in [2.75, 3.05) is 0 Å². The van der Waals surface area contributed by atoms with Crippen molar-refractivity contribution in [3.8, 4) is 0 Å². The van der Waals surface area contributed by atoms with E-state index < -0.39 is 0 Å². The zero-order chi connectivity index (χ0) is 11.5. The van der Waals surface area contributed by atoms with Gasteiger partial charge in [-0.2, -0.15) is 0 Å². The van der Waals surface area contributed by atoms with Crippen LogP contribution in [0.3, 0.4) is 0 Å². The maximum atomic E-state index is 7.40. The van der Waals surface area contributed by atoms with Gasteiger partial charge < -0.3 is 10.7 Å². The lowest BCUT2D eigenvalue weighted by molar-refractivity contribution is 1.06. The second kappa shape index (κ2) is 4.40. The van der Waals surface area contributed by atoms with Crippen molar-refractivity contribution in [1.82, 2.24) is 9.97 Å². The lowest BCUT2D eigenvalue weighted by atomic mass is 10.1. The number of nitrogens with two attached hydrogens (primary N) is 1. The van der Waals surface area contributed by atoms with Crippen LogP contribution in [-0.4, -0.2) is 15.8 Å². The van der Waals surface area contributed by atoms with Gasteiger partial charge in [0.1, 0.15) is 5.84 Å². The molecule has 16 heavy (non-hydrogen) atoms. The number of nitrogens with zero attached hydrogens (tertiary/aromatic N) is 1. The van der Waals surface area contributed by atoms with Crippen molar-refractivity contribution in [2.24, 2.45) is 5.73 Å². The molecule has 0 aliphatic rings. The maximum Gasteiger partial charge on any atom is 0.170 e. The smallest absolute Gasteiger partial charge is 0.170 e. The summed E-state index contributed by atoms with van der Waals surface area (Å²) in [5, 5.41) is 8.25. The van der Waals surface area contributed by atoms with E-state index in [1.807, 2.05) is 25.1 Å². The molecule has 0 bridgehead atoms. The molecule has 0 amide bonds. The number of H-pyrrole nitrogens is 1. The minimum atomic E-state index is 0.104. The van der Waals surface area contributed by atoms with Crippen LogP contribution in [0.1, 0.15) is 11.1 Å². The van der Waals surface area contributed by atoms with Gasteiger partial charge in [-0.1, -0.05) is 11.8 Å². The number of benzene rings is 1. The van der Waals surface area contributed by atoms with Crippen molar-refractivity contribution in [3.05, 3.63) is 41.7 Å². The fourth-order valence-corrected chi connectivity index (χ4v) is 2.26. The van der Waals surface area contributed by atoms with Gasteiger partial charge in [-0.25, -0.2) is 4.98 Å². The molecule has 1 heterocycles. The molecule has 2 rings (SSSR count). The number of aromatic amines is 1. The lowest BCUT2D eigenvalue weighted by Gasteiger charge is -2.05. The van der Waals surface area contributed by atoms with Crippen molar-refractivity contribution >= 4 is 17.6 Å². The van der Waals surface area contributed by atoms with Crippen LogP contribution in [0.15, 0.2) is 40.6 Å². The summed E-state index contributed by atoms with van der Waals surface area (Å²) in [6.45, 7) is 1.95. The minimum absolute atomic E-state index is 0.104. The summed E-state index contributed by atoms with van der Waals surface area (Å²) in [6.07, 6.45) is 3.51. The Morgan fingerprint density at radius 3 is 2.88 bits per heavy atom. The van der Waals surface area contributed by atoms with E-state index in [1.165, 1.54) is 0 Å². The summed E-state index contributed by atoms with van der Waals surface area (Å²) < 4.78 is 0. The normalized spacial score (nSPS) is 10.3. The van der Waals surface area contributed by atoms with Gasteiger partial charge in [0.05, 0.1) is 0 Å². The molecule has 0 saturated heterocycles. The molecule has 0 saturated carbocycles. The van der Waals surface area contributed by atoms with E-state index >= 15 is 0 Å². The Balaban J connectivity index is 2.24. The number of aromatic nitrogens is 2. The van der Waals surface area contributed by atoms with Gasteiger partial charge in [0.25, 0.3) is 0 Å². The Morgan fingerprint density at radius 2 is 2.31 bits per heavy atom. The van der Waals surface area contributed by atoms with E-state index in [2.05, 4.69) is 9.97 Å². The van der Waals surface area contributed by atoms with E-state index in [1.54, 1.807) is 24.2 Å². The number of amidine groups is 1. The second-order valence-corrected chi connectivity index (χ2v) is 4.45. The summed E-state index contributed by atoms with van der Waals surface area (Å²) in [5.41, 5.74) is 7.24. The molecule has 0 aliphatic carbocycles. The molecule has 5 heteroatoms. The number of hydrogen-bond donors (Lipinski definition) is 3. The van der Waals surface area contributed by atoms with Crippen LogP contribution in [0.5, 0.6) is 0 Å². The monoisotopic (exact) mass is 232 g/mol.